The summed E-state index contributed by atoms with van der Waals surface area (Å²) >= 11 is 0. The molecule has 1 atom stereocenters. The van der Waals surface area contributed by atoms with Gasteiger partial charge in [-0.15, -0.1) is 0 Å². The van der Waals surface area contributed by atoms with Crippen LogP contribution in [0, 0.1) is 5.92 Å². The molecule has 3 rings (SSSR count). The largest absolute Gasteiger partial charge is 0.342 e. The smallest absolute Gasteiger partial charge is 0.106 e. The van der Waals surface area contributed by atoms with E-state index in [1.165, 1.54) is 43.2 Å². The maximum Gasteiger partial charge on any atom is 0.106 e. The van der Waals surface area contributed by atoms with E-state index >= 15 is 0 Å². The van der Waals surface area contributed by atoms with Crippen LogP contribution in [0.2, 0.25) is 0 Å². The quantitative estimate of drug-likeness (QED) is 0.791. The molecule has 0 saturated carbocycles. The number of aromatic amines is 1. The van der Waals surface area contributed by atoms with Crippen molar-refractivity contribution in [1.82, 2.24) is 9.97 Å². The molecule has 1 aliphatic rings. The maximum absolute atomic E-state index is 4.65. The van der Waals surface area contributed by atoms with E-state index in [4.69, 9.17) is 0 Å². The molecule has 2 heteroatoms. The monoisotopic (exact) mass is 242 g/mol. The number of nitrogens with zero attached hydrogens (tertiary/aromatic N) is 1. The van der Waals surface area contributed by atoms with Gasteiger partial charge in [0.1, 0.15) is 5.82 Å². The third-order valence-electron chi connectivity index (χ3n) is 4.41. The van der Waals surface area contributed by atoms with Crippen molar-refractivity contribution in [2.24, 2.45) is 5.92 Å². The zero-order valence-electron chi connectivity index (χ0n) is 11.4. The summed E-state index contributed by atoms with van der Waals surface area (Å²) in [5, 5.41) is 0. The third kappa shape index (κ3) is 2.05. The minimum Gasteiger partial charge on any atom is -0.342 e. The minimum absolute atomic E-state index is 0.912. The van der Waals surface area contributed by atoms with Crippen molar-refractivity contribution in [3.8, 4) is 0 Å². The Bertz CT molecular complexity index is 508. The van der Waals surface area contributed by atoms with Crippen LogP contribution in [0.25, 0.3) is 11.0 Å². The summed E-state index contributed by atoms with van der Waals surface area (Å²) < 4.78 is 0. The van der Waals surface area contributed by atoms with Crippen molar-refractivity contribution in [2.45, 2.75) is 52.4 Å². The molecule has 2 nitrogen and oxygen atoms in total. The van der Waals surface area contributed by atoms with Gasteiger partial charge in [0.2, 0.25) is 0 Å². The van der Waals surface area contributed by atoms with Crippen LogP contribution in [0.4, 0.5) is 0 Å². The highest BCUT2D eigenvalue weighted by molar-refractivity contribution is 5.77. The zero-order chi connectivity index (χ0) is 12.5. The van der Waals surface area contributed by atoms with Crippen LogP contribution in [0.1, 0.15) is 50.1 Å². The number of nitrogens with one attached hydrogen (secondary N) is 1. The van der Waals surface area contributed by atoms with Crippen LogP contribution < -0.4 is 0 Å². The first-order chi connectivity index (χ1) is 8.80. The van der Waals surface area contributed by atoms with Gasteiger partial charge in [-0.1, -0.05) is 20.3 Å². The van der Waals surface area contributed by atoms with E-state index in [0.29, 0.717) is 0 Å². The highest BCUT2D eigenvalue weighted by Crippen LogP contribution is 2.29. The highest BCUT2D eigenvalue weighted by atomic mass is 14.9. The van der Waals surface area contributed by atoms with Gasteiger partial charge in [-0.25, -0.2) is 4.98 Å². The Balaban J connectivity index is 1.99. The normalized spacial score (nSPS) is 16.8. The standard InChI is InChI=1S/C16H22N2/c1-3-11-5-7-12-9-14-15(10-13(12)8-6-11)18-16(4-2)17-14/h9-11H,3-8H2,1-2H3,(H,17,18). The molecule has 0 aliphatic heterocycles. The van der Waals surface area contributed by atoms with E-state index in [9.17, 15) is 0 Å². The molecule has 96 valence electrons. The minimum atomic E-state index is 0.912. The fraction of sp³-hybridized carbons (Fsp3) is 0.562. The Morgan fingerprint density at radius 3 is 2.56 bits per heavy atom. The predicted molar refractivity (Wildman–Crippen MR) is 75.9 cm³/mol. The second-order valence-electron chi connectivity index (χ2n) is 5.53. The number of H-pyrrole nitrogens is 1. The lowest BCUT2D eigenvalue weighted by molar-refractivity contribution is 0.450. The Labute approximate surface area is 109 Å². The summed E-state index contributed by atoms with van der Waals surface area (Å²) in [7, 11) is 0. The average molecular weight is 242 g/mol. The van der Waals surface area contributed by atoms with E-state index in [1.54, 1.807) is 5.56 Å². The molecule has 0 spiro atoms. The Kier molecular flexibility index (Phi) is 3.11. The molecular weight excluding hydrogens is 220 g/mol. The van der Waals surface area contributed by atoms with Gasteiger partial charge in [0, 0.05) is 6.42 Å². The Hall–Kier alpha value is -1.31. The molecule has 0 bridgehead atoms. The summed E-state index contributed by atoms with van der Waals surface area (Å²) in [5.41, 5.74) is 5.46. The first-order valence-corrected chi connectivity index (χ1v) is 7.30. The molecule has 0 fully saturated rings. The third-order valence-corrected chi connectivity index (χ3v) is 4.41. The van der Waals surface area contributed by atoms with Gasteiger partial charge in [-0.3, -0.25) is 0 Å². The molecule has 1 aliphatic carbocycles. The number of benzene rings is 1. The van der Waals surface area contributed by atoms with Gasteiger partial charge in [-0.2, -0.15) is 0 Å². The maximum atomic E-state index is 4.65. The molecule has 1 N–H and O–H groups in total. The van der Waals surface area contributed by atoms with Crippen LogP contribution in [-0.4, -0.2) is 9.97 Å². The summed E-state index contributed by atoms with van der Waals surface area (Å²) in [6.07, 6.45) is 7.48. The van der Waals surface area contributed by atoms with E-state index in [-0.39, 0.29) is 0 Å². The van der Waals surface area contributed by atoms with Gasteiger partial charge in [0.05, 0.1) is 11.0 Å². The molecule has 0 amide bonds. The second kappa shape index (κ2) is 4.75. The summed E-state index contributed by atoms with van der Waals surface area (Å²) in [4.78, 5) is 8.08. The topological polar surface area (TPSA) is 28.7 Å². The first-order valence-electron chi connectivity index (χ1n) is 7.30. The van der Waals surface area contributed by atoms with Crippen LogP contribution in [0.15, 0.2) is 12.1 Å². The summed E-state index contributed by atoms with van der Waals surface area (Å²) in [6.45, 7) is 4.47. The molecule has 18 heavy (non-hydrogen) atoms. The lowest BCUT2D eigenvalue weighted by atomic mass is 9.97. The van der Waals surface area contributed by atoms with E-state index < -0.39 is 0 Å². The fourth-order valence-electron chi connectivity index (χ4n) is 3.10. The SMILES string of the molecule is CCc1nc2cc3c(cc2[nH]1)CCC(CC)CC3. The number of imidazole rings is 1. The molecule has 1 aromatic heterocycles. The van der Waals surface area contributed by atoms with Crippen molar-refractivity contribution in [2.75, 3.05) is 0 Å². The van der Waals surface area contributed by atoms with Crippen molar-refractivity contribution in [1.29, 1.82) is 0 Å². The number of aryl methyl sites for hydroxylation is 3. The van der Waals surface area contributed by atoms with Crippen LogP contribution in [0.3, 0.4) is 0 Å². The average Bonchev–Trinajstić information content (AvgIpc) is 2.69. The van der Waals surface area contributed by atoms with Gasteiger partial charge in [-0.05, 0) is 54.9 Å². The van der Waals surface area contributed by atoms with Crippen molar-refractivity contribution in [3.63, 3.8) is 0 Å². The lowest BCUT2D eigenvalue weighted by Crippen LogP contribution is -1.97. The molecule has 1 heterocycles. The predicted octanol–water partition coefficient (Wildman–Crippen LogP) is 4.03. The summed E-state index contributed by atoms with van der Waals surface area (Å²) in [6, 6.07) is 4.66. The van der Waals surface area contributed by atoms with E-state index in [0.717, 1.165) is 23.7 Å². The van der Waals surface area contributed by atoms with Crippen LogP contribution in [0.5, 0.6) is 0 Å². The molecular formula is C16H22N2. The van der Waals surface area contributed by atoms with Crippen molar-refractivity contribution >= 4 is 11.0 Å². The van der Waals surface area contributed by atoms with Gasteiger partial charge >= 0.3 is 0 Å². The van der Waals surface area contributed by atoms with Crippen molar-refractivity contribution < 1.29 is 0 Å². The van der Waals surface area contributed by atoms with Gasteiger partial charge in [0.15, 0.2) is 0 Å². The van der Waals surface area contributed by atoms with Gasteiger partial charge in [0.25, 0.3) is 0 Å². The number of aromatic nitrogens is 2. The fourth-order valence-corrected chi connectivity index (χ4v) is 3.10. The summed E-state index contributed by atoms with van der Waals surface area (Å²) in [5.74, 6) is 2.02. The van der Waals surface area contributed by atoms with Crippen molar-refractivity contribution in [3.05, 3.63) is 29.1 Å². The number of hydrogen-bond acceptors (Lipinski definition) is 1. The van der Waals surface area contributed by atoms with Gasteiger partial charge < -0.3 is 4.98 Å². The van der Waals surface area contributed by atoms with Crippen LogP contribution >= 0.6 is 0 Å². The number of hydrogen-bond donors (Lipinski definition) is 1. The molecule has 1 aromatic carbocycles. The lowest BCUT2D eigenvalue weighted by Gasteiger charge is -2.08. The molecule has 1 unspecified atom stereocenters. The molecule has 0 saturated heterocycles. The Morgan fingerprint density at radius 2 is 1.89 bits per heavy atom. The zero-order valence-corrected chi connectivity index (χ0v) is 11.4. The number of fused-ring (bicyclic) bond motifs is 2. The highest BCUT2D eigenvalue weighted by Gasteiger charge is 2.16. The number of rotatable bonds is 2. The Morgan fingerprint density at radius 1 is 1.17 bits per heavy atom. The van der Waals surface area contributed by atoms with E-state index in [1.807, 2.05) is 0 Å². The molecule has 2 aromatic rings. The second-order valence-corrected chi connectivity index (χ2v) is 5.53. The van der Waals surface area contributed by atoms with Crippen LogP contribution in [-0.2, 0) is 19.3 Å². The van der Waals surface area contributed by atoms with E-state index in [2.05, 4.69) is 35.9 Å². The first kappa shape index (κ1) is 11.8. The molecule has 0 radical (unpaired) electrons.